The number of nitrogen functional groups attached to an aromatic ring is 1. The number of fused-ring (bicyclic) bond motifs is 1. The van der Waals surface area contributed by atoms with E-state index in [-0.39, 0.29) is 0 Å². The standard InChI is InChI=1S/C12H13BrN2S/c1-7(2)16-12-9-5-8(13)3-4-11(9)15-6-10(12)14/h3-7H,14H2,1-2H3. The van der Waals surface area contributed by atoms with Crippen LogP contribution < -0.4 is 5.73 Å². The Morgan fingerprint density at radius 3 is 2.81 bits per heavy atom. The van der Waals surface area contributed by atoms with Gasteiger partial charge in [-0.3, -0.25) is 4.98 Å². The van der Waals surface area contributed by atoms with Gasteiger partial charge in [0.15, 0.2) is 0 Å². The summed E-state index contributed by atoms with van der Waals surface area (Å²) in [7, 11) is 0. The van der Waals surface area contributed by atoms with E-state index < -0.39 is 0 Å². The third-order valence-electron chi connectivity index (χ3n) is 2.16. The zero-order valence-electron chi connectivity index (χ0n) is 9.20. The Morgan fingerprint density at radius 2 is 2.12 bits per heavy atom. The molecule has 84 valence electrons. The molecular formula is C12H13BrN2S. The Hall–Kier alpha value is -0.740. The predicted molar refractivity (Wildman–Crippen MR) is 74.8 cm³/mol. The molecule has 2 N–H and O–H groups in total. The summed E-state index contributed by atoms with van der Waals surface area (Å²) in [6, 6.07) is 6.07. The molecule has 1 aromatic heterocycles. The summed E-state index contributed by atoms with van der Waals surface area (Å²) in [6.07, 6.45) is 1.74. The Labute approximate surface area is 108 Å². The first-order chi connectivity index (χ1) is 7.58. The first-order valence-corrected chi connectivity index (χ1v) is 6.75. The molecule has 0 saturated carbocycles. The lowest BCUT2D eigenvalue weighted by Gasteiger charge is -2.11. The number of nitrogens with two attached hydrogens (primary N) is 1. The minimum absolute atomic E-state index is 0.506. The van der Waals surface area contributed by atoms with Crippen LogP contribution in [0.1, 0.15) is 13.8 Å². The number of benzene rings is 1. The van der Waals surface area contributed by atoms with Gasteiger partial charge in [-0.2, -0.15) is 0 Å². The molecule has 0 atom stereocenters. The maximum Gasteiger partial charge on any atom is 0.0715 e. The maximum absolute atomic E-state index is 5.99. The molecule has 4 heteroatoms. The monoisotopic (exact) mass is 296 g/mol. The Kier molecular flexibility index (Phi) is 3.40. The van der Waals surface area contributed by atoms with Crippen LogP contribution in [0.5, 0.6) is 0 Å². The van der Waals surface area contributed by atoms with Crippen molar-refractivity contribution in [1.29, 1.82) is 0 Å². The molecule has 2 rings (SSSR count). The van der Waals surface area contributed by atoms with Crippen molar-refractivity contribution in [1.82, 2.24) is 4.98 Å². The van der Waals surface area contributed by atoms with Gasteiger partial charge in [0, 0.05) is 20.0 Å². The van der Waals surface area contributed by atoms with Crippen molar-refractivity contribution < 1.29 is 0 Å². The lowest BCUT2D eigenvalue weighted by molar-refractivity contribution is 1.11. The normalized spacial score (nSPS) is 11.2. The van der Waals surface area contributed by atoms with E-state index in [4.69, 9.17) is 5.73 Å². The summed E-state index contributed by atoms with van der Waals surface area (Å²) < 4.78 is 1.05. The average Bonchev–Trinajstić information content (AvgIpc) is 2.22. The predicted octanol–water partition coefficient (Wildman–Crippen LogP) is 4.08. The van der Waals surface area contributed by atoms with Gasteiger partial charge in [0.1, 0.15) is 0 Å². The first kappa shape index (κ1) is 11.7. The molecule has 2 aromatic rings. The zero-order valence-corrected chi connectivity index (χ0v) is 11.6. The van der Waals surface area contributed by atoms with Crippen LogP contribution in [0.3, 0.4) is 0 Å². The molecule has 1 aromatic carbocycles. The molecule has 1 heterocycles. The van der Waals surface area contributed by atoms with Crippen molar-refractivity contribution >= 4 is 44.3 Å². The molecule has 0 spiro atoms. The van der Waals surface area contributed by atoms with E-state index in [0.29, 0.717) is 5.25 Å². The van der Waals surface area contributed by atoms with E-state index in [0.717, 1.165) is 26.0 Å². The van der Waals surface area contributed by atoms with Crippen molar-refractivity contribution in [2.45, 2.75) is 24.0 Å². The van der Waals surface area contributed by atoms with E-state index in [1.54, 1.807) is 18.0 Å². The average molecular weight is 297 g/mol. The number of hydrogen-bond donors (Lipinski definition) is 1. The molecule has 0 aliphatic carbocycles. The number of nitrogens with zero attached hydrogens (tertiary/aromatic N) is 1. The van der Waals surface area contributed by atoms with E-state index in [2.05, 4.69) is 40.8 Å². The van der Waals surface area contributed by atoms with Crippen molar-refractivity contribution in [3.8, 4) is 0 Å². The SMILES string of the molecule is CC(C)Sc1c(N)cnc2ccc(Br)cc12. The lowest BCUT2D eigenvalue weighted by Crippen LogP contribution is -1.95. The van der Waals surface area contributed by atoms with Crippen LogP contribution in [0.15, 0.2) is 33.8 Å². The summed E-state index contributed by atoms with van der Waals surface area (Å²) in [4.78, 5) is 5.46. The topological polar surface area (TPSA) is 38.9 Å². The van der Waals surface area contributed by atoms with Gasteiger partial charge in [0.2, 0.25) is 0 Å². The van der Waals surface area contributed by atoms with Crippen LogP contribution in [0.2, 0.25) is 0 Å². The highest BCUT2D eigenvalue weighted by molar-refractivity contribution is 9.10. The van der Waals surface area contributed by atoms with Crippen LogP contribution >= 0.6 is 27.7 Å². The van der Waals surface area contributed by atoms with Crippen molar-refractivity contribution in [2.24, 2.45) is 0 Å². The second-order valence-corrected chi connectivity index (χ2v) is 6.37. The van der Waals surface area contributed by atoms with E-state index in [1.165, 1.54) is 0 Å². The van der Waals surface area contributed by atoms with Gasteiger partial charge in [-0.05, 0) is 18.2 Å². The summed E-state index contributed by atoms with van der Waals surface area (Å²) in [5.41, 5.74) is 7.73. The highest BCUT2D eigenvalue weighted by Crippen LogP contribution is 2.35. The lowest BCUT2D eigenvalue weighted by atomic mass is 10.2. The molecule has 0 unspecified atom stereocenters. The third kappa shape index (κ3) is 2.33. The van der Waals surface area contributed by atoms with Crippen molar-refractivity contribution in [3.63, 3.8) is 0 Å². The fraction of sp³-hybridized carbons (Fsp3) is 0.250. The van der Waals surface area contributed by atoms with Crippen LogP contribution in [0.25, 0.3) is 10.9 Å². The van der Waals surface area contributed by atoms with Gasteiger partial charge in [0.05, 0.1) is 17.4 Å². The van der Waals surface area contributed by atoms with Gasteiger partial charge in [0.25, 0.3) is 0 Å². The largest absolute Gasteiger partial charge is 0.397 e. The molecule has 0 amide bonds. The number of thioether (sulfide) groups is 1. The molecule has 0 aliphatic heterocycles. The Bertz CT molecular complexity index is 520. The molecule has 0 fully saturated rings. The smallest absolute Gasteiger partial charge is 0.0715 e. The Morgan fingerprint density at radius 1 is 1.38 bits per heavy atom. The third-order valence-corrected chi connectivity index (χ3v) is 3.82. The number of rotatable bonds is 2. The minimum atomic E-state index is 0.506. The van der Waals surface area contributed by atoms with E-state index in [9.17, 15) is 0 Å². The van der Waals surface area contributed by atoms with Gasteiger partial charge in [-0.1, -0.05) is 29.8 Å². The fourth-order valence-electron chi connectivity index (χ4n) is 1.52. The number of pyridine rings is 1. The van der Waals surface area contributed by atoms with Crippen molar-refractivity contribution in [3.05, 3.63) is 28.9 Å². The summed E-state index contributed by atoms with van der Waals surface area (Å²) >= 11 is 5.26. The highest BCUT2D eigenvalue weighted by atomic mass is 79.9. The molecule has 0 radical (unpaired) electrons. The first-order valence-electron chi connectivity index (χ1n) is 5.08. The van der Waals surface area contributed by atoms with Crippen molar-refractivity contribution in [2.75, 3.05) is 5.73 Å². The van der Waals surface area contributed by atoms with E-state index >= 15 is 0 Å². The summed E-state index contributed by atoms with van der Waals surface area (Å²) in [5, 5.41) is 1.62. The van der Waals surface area contributed by atoms with Crippen LogP contribution in [-0.4, -0.2) is 10.2 Å². The molecular weight excluding hydrogens is 284 g/mol. The van der Waals surface area contributed by atoms with Gasteiger partial charge in [-0.25, -0.2) is 0 Å². The highest BCUT2D eigenvalue weighted by Gasteiger charge is 2.09. The Balaban J connectivity index is 2.67. The van der Waals surface area contributed by atoms with E-state index in [1.807, 2.05) is 12.1 Å². The van der Waals surface area contributed by atoms with Crippen LogP contribution in [0, 0.1) is 0 Å². The summed E-state index contributed by atoms with van der Waals surface area (Å²) in [5.74, 6) is 0. The molecule has 0 saturated heterocycles. The maximum atomic E-state index is 5.99. The second-order valence-electron chi connectivity index (χ2n) is 3.87. The van der Waals surface area contributed by atoms with Gasteiger partial charge < -0.3 is 5.73 Å². The minimum Gasteiger partial charge on any atom is -0.397 e. The quantitative estimate of drug-likeness (QED) is 0.849. The summed E-state index contributed by atoms with van der Waals surface area (Å²) in [6.45, 7) is 4.32. The molecule has 0 aliphatic rings. The zero-order chi connectivity index (χ0) is 11.7. The number of halogens is 1. The van der Waals surface area contributed by atoms with Crippen LogP contribution in [-0.2, 0) is 0 Å². The van der Waals surface area contributed by atoms with Crippen LogP contribution in [0.4, 0.5) is 5.69 Å². The molecule has 0 bridgehead atoms. The van der Waals surface area contributed by atoms with Gasteiger partial charge in [-0.15, -0.1) is 11.8 Å². The second kappa shape index (κ2) is 4.63. The molecule has 16 heavy (non-hydrogen) atoms. The number of hydrogen-bond acceptors (Lipinski definition) is 3. The number of anilines is 1. The fourth-order valence-corrected chi connectivity index (χ4v) is 2.83. The molecule has 2 nitrogen and oxygen atoms in total. The van der Waals surface area contributed by atoms with Gasteiger partial charge >= 0.3 is 0 Å². The number of aromatic nitrogens is 1.